The van der Waals surface area contributed by atoms with Gasteiger partial charge in [-0.05, 0) is 0 Å². The SMILES string of the molecule is CCC#CN=C=O. The zero-order valence-electron chi connectivity index (χ0n) is 4.06. The lowest BCUT2D eigenvalue weighted by Gasteiger charge is -1.58. The van der Waals surface area contributed by atoms with Crippen molar-refractivity contribution in [3.05, 3.63) is 0 Å². The van der Waals surface area contributed by atoms with Crippen molar-refractivity contribution in [2.24, 2.45) is 4.99 Å². The molecule has 0 aromatic heterocycles. The molecule has 0 heterocycles. The number of carbonyl (C=O) groups excluding carboxylic acids is 1. The van der Waals surface area contributed by atoms with Crippen LogP contribution in [0.5, 0.6) is 0 Å². The predicted molar refractivity (Wildman–Crippen MR) is 26.2 cm³/mol. The van der Waals surface area contributed by atoms with Gasteiger partial charge in [-0.1, -0.05) is 12.8 Å². The summed E-state index contributed by atoms with van der Waals surface area (Å²) in [7, 11) is 0. The minimum absolute atomic E-state index is 0.727. The molecular weight excluding hydrogens is 90.1 g/mol. The lowest BCUT2D eigenvalue weighted by atomic mass is 10.5. The maximum Gasteiger partial charge on any atom is 0.249 e. The maximum atomic E-state index is 9.29. The summed E-state index contributed by atoms with van der Waals surface area (Å²) in [5, 5.41) is 0. The molecule has 36 valence electrons. The van der Waals surface area contributed by atoms with Crippen LogP contribution in [0.1, 0.15) is 13.3 Å². The average Bonchev–Trinajstić information content (AvgIpc) is 1.69. The molecule has 0 bridgehead atoms. The lowest BCUT2D eigenvalue weighted by Crippen LogP contribution is -1.50. The van der Waals surface area contributed by atoms with E-state index in [9.17, 15) is 4.79 Å². The van der Waals surface area contributed by atoms with E-state index in [1.54, 1.807) is 0 Å². The molecule has 0 N–H and O–H groups in total. The molecule has 0 aromatic rings. The number of hydrogen-bond acceptors (Lipinski definition) is 2. The van der Waals surface area contributed by atoms with Gasteiger partial charge in [-0.25, -0.2) is 4.79 Å². The van der Waals surface area contributed by atoms with E-state index in [0.29, 0.717) is 0 Å². The molecule has 2 heteroatoms. The van der Waals surface area contributed by atoms with Gasteiger partial charge in [-0.15, -0.1) is 4.99 Å². The van der Waals surface area contributed by atoms with Gasteiger partial charge in [0.2, 0.25) is 6.08 Å². The van der Waals surface area contributed by atoms with Gasteiger partial charge in [-0.3, -0.25) is 0 Å². The first-order valence-corrected chi connectivity index (χ1v) is 1.96. The second-order valence-electron chi connectivity index (χ2n) is 0.845. The summed E-state index contributed by atoms with van der Waals surface area (Å²) in [6.45, 7) is 1.88. The predicted octanol–water partition coefficient (Wildman–Crippen LogP) is 0.693. The highest BCUT2D eigenvalue weighted by atomic mass is 16.1. The van der Waals surface area contributed by atoms with Crippen molar-refractivity contribution in [3.63, 3.8) is 0 Å². The monoisotopic (exact) mass is 95.0 g/mol. The molecule has 0 radical (unpaired) electrons. The normalized spacial score (nSPS) is 5.29. The van der Waals surface area contributed by atoms with Crippen LogP contribution in [0.4, 0.5) is 0 Å². The Labute approximate surface area is 42.3 Å². The van der Waals surface area contributed by atoms with Crippen molar-refractivity contribution in [3.8, 4) is 12.0 Å². The van der Waals surface area contributed by atoms with Crippen LogP contribution in [0.3, 0.4) is 0 Å². The first-order chi connectivity index (χ1) is 3.41. The van der Waals surface area contributed by atoms with E-state index in [2.05, 4.69) is 17.0 Å². The second kappa shape index (κ2) is 4.94. The number of isocyanates is 1. The first kappa shape index (κ1) is 5.94. The molecule has 0 saturated carbocycles. The summed E-state index contributed by atoms with van der Waals surface area (Å²) in [5.41, 5.74) is 0. The van der Waals surface area contributed by atoms with Crippen LogP contribution in [0.25, 0.3) is 0 Å². The maximum absolute atomic E-state index is 9.29. The average molecular weight is 95.1 g/mol. The molecule has 0 rings (SSSR count). The molecule has 0 amide bonds. The highest BCUT2D eigenvalue weighted by molar-refractivity contribution is 5.36. The Morgan fingerprint density at radius 2 is 2.43 bits per heavy atom. The quantitative estimate of drug-likeness (QED) is 0.247. The molecule has 0 aliphatic rings. The summed E-state index contributed by atoms with van der Waals surface area (Å²) in [5.74, 6) is 2.57. The summed E-state index contributed by atoms with van der Waals surface area (Å²) in [4.78, 5) is 12.3. The highest BCUT2D eigenvalue weighted by Gasteiger charge is 1.55. The molecule has 0 aliphatic carbocycles. The zero-order chi connectivity index (χ0) is 5.54. The molecule has 0 aliphatic heterocycles. The van der Waals surface area contributed by atoms with Crippen molar-refractivity contribution >= 4 is 6.08 Å². The molecule has 2 nitrogen and oxygen atoms in total. The standard InChI is InChI=1S/C5H5NO/c1-2-3-4-6-5-7/h2H2,1H3. The van der Waals surface area contributed by atoms with Crippen molar-refractivity contribution < 1.29 is 4.79 Å². The van der Waals surface area contributed by atoms with Gasteiger partial charge >= 0.3 is 0 Å². The Kier molecular flexibility index (Phi) is 4.19. The smallest absolute Gasteiger partial charge is 0.210 e. The molecule has 7 heavy (non-hydrogen) atoms. The van der Waals surface area contributed by atoms with Gasteiger partial charge in [0.25, 0.3) is 0 Å². The Morgan fingerprint density at radius 1 is 1.71 bits per heavy atom. The molecule has 0 unspecified atom stereocenters. The van der Waals surface area contributed by atoms with E-state index >= 15 is 0 Å². The van der Waals surface area contributed by atoms with Gasteiger partial charge in [0, 0.05) is 12.5 Å². The highest BCUT2D eigenvalue weighted by Crippen LogP contribution is 1.64. The fourth-order valence-electron chi connectivity index (χ4n) is 0.141. The van der Waals surface area contributed by atoms with Crippen LogP contribution >= 0.6 is 0 Å². The van der Waals surface area contributed by atoms with Crippen LogP contribution in [0.2, 0.25) is 0 Å². The Bertz CT molecular complexity index is 134. The van der Waals surface area contributed by atoms with Crippen LogP contribution in [0, 0.1) is 12.0 Å². The second-order valence-corrected chi connectivity index (χ2v) is 0.845. The van der Waals surface area contributed by atoms with Crippen molar-refractivity contribution in [2.45, 2.75) is 13.3 Å². The lowest BCUT2D eigenvalue weighted by molar-refractivity contribution is 0.565. The molecule has 0 atom stereocenters. The van der Waals surface area contributed by atoms with Crippen LogP contribution in [-0.4, -0.2) is 6.08 Å². The Balaban J connectivity index is 3.45. The molecule has 0 saturated heterocycles. The summed E-state index contributed by atoms with van der Waals surface area (Å²) in [6, 6.07) is 2.24. The summed E-state index contributed by atoms with van der Waals surface area (Å²) < 4.78 is 0. The number of hydrogen-bond donors (Lipinski definition) is 0. The molecule has 0 fully saturated rings. The minimum Gasteiger partial charge on any atom is -0.210 e. The van der Waals surface area contributed by atoms with E-state index in [1.165, 1.54) is 6.08 Å². The van der Waals surface area contributed by atoms with Crippen molar-refractivity contribution in [1.82, 2.24) is 0 Å². The first-order valence-electron chi connectivity index (χ1n) is 1.96. The molecule has 0 aromatic carbocycles. The third-order valence-corrected chi connectivity index (χ3v) is 0.357. The number of nitrogens with zero attached hydrogens (tertiary/aromatic N) is 1. The van der Waals surface area contributed by atoms with E-state index in [1.807, 2.05) is 6.92 Å². The van der Waals surface area contributed by atoms with E-state index < -0.39 is 0 Å². The zero-order valence-corrected chi connectivity index (χ0v) is 4.06. The summed E-state index contributed by atoms with van der Waals surface area (Å²) in [6.07, 6.45) is 2.03. The van der Waals surface area contributed by atoms with E-state index in [4.69, 9.17) is 0 Å². The fourth-order valence-corrected chi connectivity index (χ4v) is 0.141. The summed E-state index contributed by atoms with van der Waals surface area (Å²) >= 11 is 0. The third kappa shape index (κ3) is 4.94. The topological polar surface area (TPSA) is 29.4 Å². The Hall–Kier alpha value is -1.06. The minimum atomic E-state index is 0.727. The number of aliphatic imine (C=N–C) groups is 1. The molecule has 0 spiro atoms. The van der Waals surface area contributed by atoms with Crippen LogP contribution < -0.4 is 0 Å². The van der Waals surface area contributed by atoms with Gasteiger partial charge in [0.1, 0.15) is 0 Å². The Morgan fingerprint density at radius 3 is 2.86 bits per heavy atom. The van der Waals surface area contributed by atoms with Crippen LogP contribution in [0.15, 0.2) is 4.99 Å². The third-order valence-electron chi connectivity index (χ3n) is 0.357. The van der Waals surface area contributed by atoms with Crippen molar-refractivity contribution in [1.29, 1.82) is 0 Å². The van der Waals surface area contributed by atoms with Gasteiger partial charge < -0.3 is 0 Å². The largest absolute Gasteiger partial charge is 0.249 e. The molecular formula is C5H5NO. The van der Waals surface area contributed by atoms with Crippen molar-refractivity contribution in [2.75, 3.05) is 0 Å². The van der Waals surface area contributed by atoms with Gasteiger partial charge in [0.15, 0.2) is 0 Å². The van der Waals surface area contributed by atoms with Crippen LogP contribution in [-0.2, 0) is 4.79 Å². The fraction of sp³-hybridized carbons (Fsp3) is 0.400. The number of rotatable bonds is 0. The van der Waals surface area contributed by atoms with E-state index in [0.717, 1.165) is 6.42 Å². The van der Waals surface area contributed by atoms with Gasteiger partial charge in [0.05, 0.1) is 0 Å². The van der Waals surface area contributed by atoms with E-state index in [-0.39, 0.29) is 0 Å². The van der Waals surface area contributed by atoms with Gasteiger partial charge in [-0.2, -0.15) is 0 Å².